The fourth-order valence-electron chi connectivity index (χ4n) is 2.20. The zero-order valence-electron chi connectivity index (χ0n) is 13.7. The molecule has 1 aliphatic heterocycles. The van der Waals surface area contributed by atoms with Crippen molar-refractivity contribution in [2.75, 3.05) is 6.61 Å². The second kappa shape index (κ2) is 7.65. The van der Waals surface area contributed by atoms with Gasteiger partial charge in [0.1, 0.15) is 12.4 Å². The van der Waals surface area contributed by atoms with Gasteiger partial charge in [-0.1, -0.05) is 24.8 Å². The molecule has 3 rings (SSSR count). The van der Waals surface area contributed by atoms with E-state index in [9.17, 15) is 4.79 Å². The van der Waals surface area contributed by atoms with Crippen LogP contribution in [0.3, 0.4) is 0 Å². The van der Waals surface area contributed by atoms with Crippen LogP contribution in [0, 0.1) is 3.57 Å². The molecular formula is C20H16INO3. The van der Waals surface area contributed by atoms with E-state index in [1.807, 2.05) is 55.5 Å². The maximum absolute atomic E-state index is 12.1. The first kappa shape index (κ1) is 17.4. The molecule has 0 radical (unpaired) electrons. The first-order valence-corrected chi connectivity index (χ1v) is 8.75. The second-order valence-electron chi connectivity index (χ2n) is 5.63. The summed E-state index contributed by atoms with van der Waals surface area (Å²) in [5.41, 5.74) is 2.70. The fraction of sp³-hybridized carbons (Fsp3) is 0.100. The molecule has 126 valence electrons. The second-order valence-corrected chi connectivity index (χ2v) is 6.87. The van der Waals surface area contributed by atoms with Crippen molar-refractivity contribution in [1.82, 2.24) is 0 Å². The highest BCUT2D eigenvalue weighted by Gasteiger charge is 2.24. The van der Waals surface area contributed by atoms with Crippen LogP contribution >= 0.6 is 22.6 Å². The number of halogens is 1. The van der Waals surface area contributed by atoms with E-state index >= 15 is 0 Å². The van der Waals surface area contributed by atoms with Gasteiger partial charge in [-0.05, 0) is 71.5 Å². The highest BCUT2D eigenvalue weighted by molar-refractivity contribution is 14.1. The van der Waals surface area contributed by atoms with E-state index in [0.29, 0.717) is 18.3 Å². The average Bonchev–Trinajstić information content (AvgIpc) is 2.95. The van der Waals surface area contributed by atoms with Crippen LogP contribution in [0.15, 0.2) is 71.4 Å². The summed E-state index contributed by atoms with van der Waals surface area (Å²) in [4.78, 5) is 16.5. The monoisotopic (exact) mass is 445 g/mol. The first-order valence-electron chi connectivity index (χ1n) is 7.67. The maximum Gasteiger partial charge on any atom is 0.363 e. The molecule has 25 heavy (non-hydrogen) atoms. The van der Waals surface area contributed by atoms with Crippen molar-refractivity contribution in [3.8, 4) is 5.75 Å². The van der Waals surface area contributed by atoms with Gasteiger partial charge < -0.3 is 9.47 Å². The molecule has 0 fully saturated rings. The zero-order chi connectivity index (χ0) is 17.8. The molecule has 4 nitrogen and oxygen atoms in total. The summed E-state index contributed by atoms with van der Waals surface area (Å²) in [6.45, 7) is 6.14. The van der Waals surface area contributed by atoms with Gasteiger partial charge in [-0.2, -0.15) is 0 Å². The topological polar surface area (TPSA) is 47.9 Å². The normalized spacial score (nSPS) is 15.0. The highest BCUT2D eigenvalue weighted by Crippen LogP contribution is 2.25. The van der Waals surface area contributed by atoms with E-state index < -0.39 is 5.97 Å². The summed E-state index contributed by atoms with van der Waals surface area (Å²) in [6.07, 6.45) is 1.68. The van der Waals surface area contributed by atoms with Crippen molar-refractivity contribution in [2.24, 2.45) is 4.99 Å². The van der Waals surface area contributed by atoms with Crippen LogP contribution in [-0.4, -0.2) is 18.5 Å². The Morgan fingerprint density at radius 3 is 2.68 bits per heavy atom. The molecule has 0 saturated heterocycles. The van der Waals surface area contributed by atoms with E-state index in [0.717, 1.165) is 20.3 Å². The van der Waals surface area contributed by atoms with Gasteiger partial charge >= 0.3 is 5.97 Å². The van der Waals surface area contributed by atoms with Crippen molar-refractivity contribution in [3.63, 3.8) is 0 Å². The first-order chi connectivity index (χ1) is 12.0. The van der Waals surface area contributed by atoms with Gasteiger partial charge in [-0.25, -0.2) is 9.79 Å². The van der Waals surface area contributed by atoms with E-state index in [4.69, 9.17) is 9.47 Å². The van der Waals surface area contributed by atoms with Gasteiger partial charge in [0.15, 0.2) is 5.70 Å². The Kier molecular flexibility index (Phi) is 5.33. The van der Waals surface area contributed by atoms with Gasteiger partial charge in [0.2, 0.25) is 5.90 Å². The molecule has 1 heterocycles. The number of cyclic esters (lactones) is 1. The Hall–Kier alpha value is -2.41. The number of rotatable bonds is 5. The van der Waals surface area contributed by atoms with Crippen LogP contribution < -0.4 is 4.74 Å². The van der Waals surface area contributed by atoms with Crippen LogP contribution in [0.25, 0.3) is 6.08 Å². The Balaban J connectivity index is 1.89. The molecule has 0 aliphatic carbocycles. The van der Waals surface area contributed by atoms with Crippen molar-refractivity contribution in [3.05, 3.63) is 81.1 Å². The molecule has 0 amide bonds. The van der Waals surface area contributed by atoms with E-state index in [2.05, 4.69) is 34.2 Å². The number of esters is 1. The average molecular weight is 445 g/mol. The van der Waals surface area contributed by atoms with Crippen molar-refractivity contribution in [2.45, 2.75) is 6.92 Å². The Morgan fingerprint density at radius 1 is 1.24 bits per heavy atom. The number of carbonyl (C=O) groups is 1. The lowest BCUT2D eigenvalue weighted by Gasteiger charge is -2.08. The minimum absolute atomic E-state index is 0.250. The van der Waals surface area contributed by atoms with Gasteiger partial charge in [0.05, 0.1) is 0 Å². The third kappa shape index (κ3) is 4.36. The minimum Gasteiger partial charge on any atom is -0.489 e. The molecule has 0 bridgehead atoms. The Morgan fingerprint density at radius 2 is 1.96 bits per heavy atom. The molecule has 0 spiro atoms. The van der Waals surface area contributed by atoms with E-state index in [1.54, 1.807) is 6.08 Å². The molecule has 1 aliphatic rings. The summed E-state index contributed by atoms with van der Waals surface area (Å²) < 4.78 is 12.1. The van der Waals surface area contributed by atoms with E-state index in [1.165, 1.54) is 0 Å². The smallest absolute Gasteiger partial charge is 0.363 e. The van der Waals surface area contributed by atoms with E-state index in [-0.39, 0.29) is 5.70 Å². The number of nitrogens with zero attached hydrogens (tertiary/aromatic N) is 1. The Bertz CT molecular complexity index is 882. The summed E-state index contributed by atoms with van der Waals surface area (Å²) in [7, 11) is 0. The lowest BCUT2D eigenvalue weighted by molar-refractivity contribution is -0.129. The zero-order valence-corrected chi connectivity index (χ0v) is 15.8. The van der Waals surface area contributed by atoms with Crippen LogP contribution in [0.1, 0.15) is 18.1 Å². The van der Waals surface area contributed by atoms with Gasteiger partial charge in [-0.15, -0.1) is 0 Å². The number of para-hydroxylation sites is 1. The minimum atomic E-state index is -0.469. The molecule has 0 unspecified atom stereocenters. The number of aliphatic imine (C=N–C) groups is 1. The van der Waals surface area contributed by atoms with Crippen molar-refractivity contribution < 1.29 is 14.3 Å². The molecule has 2 aromatic rings. The van der Waals surface area contributed by atoms with Gasteiger partial charge in [0, 0.05) is 14.7 Å². The number of carbonyl (C=O) groups excluding carboxylic acids is 1. The molecule has 5 heteroatoms. The number of hydrogen-bond donors (Lipinski definition) is 0. The molecule has 0 saturated carbocycles. The summed E-state index contributed by atoms with van der Waals surface area (Å²) in [6, 6.07) is 15.1. The maximum atomic E-state index is 12.1. The Labute approximate surface area is 160 Å². The number of benzene rings is 2. The third-order valence-corrected chi connectivity index (χ3v) is 4.12. The lowest BCUT2D eigenvalue weighted by atomic mass is 10.1. The summed E-state index contributed by atoms with van der Waals surface area (Å²) >= 11 is 2.22. The summed E-state index contributed by atoms with van der Waals surface area (Å²) in [5, 5.41) is 0. The number of ether oxygens (including phenoxy) is 2. The van der Waals surface area contributed by atoms with Crippen LogP contribution in [0.5, 0.6) is 5.75 Å². The van der Waals surface area contributed by atoms with Crippen molar-refractivity contribution in [1.29, 1.82) is 0 Å². The van der Waals surface area contributed by atoms with Crippen LogP contribution in [0.2, 0.25) is 0 Å². The predicted octanol–water partition coefficient (Wildman–Crippen LogP) is 4.59. The largest absolute Gasteiger partial charge is 0.489 e. The molecule has 0 atom stereocenters. The van der Waals surface area contributed by atoms with Gasteiger partial charge in [-0.3, -0.25) is 0 Å². The molecule has 0 aromatic heterocycles. The van der Waals surface area contributed by atoms with Crippen LogP contribution in [0.4, 0.5) is 0 Å². The third-order valence-electron chi connectivity index (χ3n) is 3.40. The summed E-state index contributed by atoms with van der Waals surface area (Å²) in [5.74, 6) is 0.514. The molecular weight excluding hydrogens is 429 g/mol. The SMILES string of the molecule is C=C(C)COc1ccccc1C=C1N=C(c2ccc(I)cc2)OC1=O. The quantitative estimate of drug-likeness (QED) is 0.293. The molecule has 0 N–H and O–H groups in total. The predicted molar refractivity (Wildman–Crippen MR) is 107 cm³/mol. The lowest BCUT2D eigenvalue weighted by Crippen LogP contribution is -2.05. The fourth-order valence-corrected chi connectivity index (χ4v) is 2.56. The number of hydrogen-bond acceptors (Lipinski definition) is 4. The molecule has 2 aromatic carbocycles. The highest BCUT2D eigenvalue weighted by atomic mass is 127. The standard InChI is InChI=1S/C20H16INO3/c1-13(2)12-24-18-6-4-3-5-15(18)11-17-20(23)25-19(22-17)14-7-9-16(21)10-8-14/h3-11H,1,12H2,2H3. The van der Waals surface area contributed by atoms with Gasteiger partial charge in [0.25, 0.3) is 0 Å². The van der Waals surface area contributed by atoms with Crippen molar-refractivity contribution >= 4 is 40.5 Å². The van der Waals surface area contributed by atoms with Crippen LogP contribution in [-0.2, 0) is 9.53 Å².